The van der Waals surface area contributed by atoms with E-state index in [4.69, 9.17) is 4.74 Å². The van der Waals surface area contributed by atoms with E-state index in [1.54, 1.807) is 124 Å². The number of hydrogen-bond donors (Lipinski definition) is 5. The number of rotatable bonds is 21. The minimum atomic E-state index is -3.61. The summed E-state index contributed by atoms with van der Waals surface area (Å²) in [6.07, 6.45) is 7.67. The van der Waals surface area contributed by atoms with E-state index in [2.05, 4.69) is 45.9 Å². The quantitative estimate of drug-likeness (QED) is 0.0417. The molecular formula is C80H90N14O13S9. The maximum atomic E-state index is 13.2. The molecule has 4 saturated heterocycles. The molecule has 5 N–H and O–H groups in total. The summed E-state index contributed by atoms with van der Waals surface area (Å²) in [5.41, 5.74) is 24.1. The highest BCUT2D eigenvalue weighted by atomic mass is 32.2. The number of fused-ring (bicyclic) bond motifs is 5. The molecule has 4 aromatic carbocycles. The number of nitrogens with zero attached hydrogens (tertiary/aromatic N) is 11. The van der Waals surface area contributed by atoms with Crippen molar-refractivity contribution in [3.63, 3.8) is 0 Å². The van der Waals surface area contributed by atoms with Crippen LogP contribution in [0.5, 0.6) is 0 Å². The van der Waals surface area contributed by atoms with Crippen molar-refractivity contribution in [2.45, 2.75) is 151 Å². The highest BCUT2D eigenvalue weighted by Crippen LogP contribution is 2.40. The Balaban J connectivity index is 0.000000123. The molecule has 0 spiro atoms. The van der Waals surface area contributed by atoms with Gasteiger partial charge in [-0.15, -0.1) is 56.7 Å². The fraction of sp³-hybridized carbons (Fsp3) is 0.362. The lowest BCUT2D eigenvalue weighted by molar-refractivity contribution is -0.143. The van der Waals surface area contributed by atoms with Gasteiger partial charge in [-0.3, -0.25) is 9.59 Å². The Hall–Kier alpha value is -8.73. The second-order valence-electron chi connectivity index (χ2n) is 28.7. The second-order valence-corrected chi connectivity index (χ2v) is 40.6. The van der Waals surface area contributed by atoms with Crippen molar-refractivity contribution < 1.29 is 58.2 Å². The molecule has 1 unspecified atom stereocenters. The molecule has 4 aliphatic heterocycles. The summed E-state index contributed by atoms with van der Waals surface area (Å²) in [7, 11) is -14.1. The van der Waals surface area contributed by atoms with Crippen LogP contribution in [0.2, 0.25) is 0 Å². The van der Waals surface area contributed by atoms with Gasteiger partial charge in [-0.05, 0) is 157 Å². The Morgan fingerprint density at radius 3 is 1.28 bits per heavy atom. The number of thiazole rings is 5. The fourth-order valence-electron chi connectivity index (χ4n) is 15.5. The van der Waals surface area contributed by atoms with Crippen molar-refractivity contribution in [3.8, 4) is 0 Å². The summed E-state index contributed by atoms with van der Waals surface area (Å²) in [6, 6.07) is 30.5. The van der Waals surface area contributed by atoms with Crippen LogP contribution in [-0.4, -0.2) is 181 Å². The number of hydrogen-bond acceptors (Lipinski definition) is 22. The van der Waals surface area contributed by atoms with Crippen molar-refractivity contribution in [2.24, 2.45) is 0 Å². The molecule has 116 heavy (non-hydrogen) atoms. The third kappa shape index (κ3) is 17.4. The van der Waals surface area contributed by atoms with Crippen LogP contribution >= 0.6 is 56.7 Å². The van der Waals surface area contributed by atoms with Gasteiger partial charge in [-0.2, -0.15) is 17.2 Å². The maximum absolute atomic E-state index is 13.2. The third-order valence-electron chi connectivity index (χ3n) is 21.3. The predicted octanol–water partition coefficient (Wildman–Crippen LogP) is 14.3. The van der Waals surface area contributed by atoms with E-state index in [0.29, 0.717) is 110 Å². The number of ether oxygens (including phenoxy) is 1. The molecule has 0 amide bonds. The van der Waals surface area contributed by atoms with E-state index in [-0.39, 0.29) is 24.0 Å². The molecule has 4 aliphatic rings. The topological polar surface area (TPSA) is 355 Å². The van der Waals surface area contributed by atoms with Gasteiger partial charge in [0.15, 0.2) is 11.3 Å². The lowest BCUT2D eigenvalue weighted by Gasteiger charge is -2.20. The van der Waals surface area contributed by atoms with Crippen LogP contribution in [0.1, 0.15) is 137 Å². The number of carbonyl (C=O) groups is 2. The first kappa shape index (κ1) is 83.8. The smallest absolute Gasteiger partial charge is 0.326 e. The monoisotopic (exact) mass is 1740 g/mol. The number of esters is 1. The second kappa shape index (κ2) is 35.8. The minimum absolute atomic E-state index is 0.0909. The van der Waals surface area contributed by atoms with E-state index in [1.165, 1.54) is 48.7 Å². The number of benzene rings is 4. The molecule has 4 fully saturated rings. The summed E-state index contributed by atoms with van der Waals surface area (Å²) >= 11 is 7.64. The predicted molar refractivity (Wildman–Crippen MR) is 455 cm³/mol. The van der Waals surface area contributed by atoms with E-state index in [1.807, 2.05) is 86.6 Å². The zero-order chi connectivity index (χ0) is 81.8. The number of nitrogens with one attached hydrogen (secondary N) is 3. The van der Waals surface area contributed by atoms with Crippen LogP contribution in [0.25, 0.3) is 51.7 Å². The van der Waals surface area contributed by atoms with Crippen molar-refractivity contribution >= 4 is 160 Å². The number of sulfonamides is 4. The average Bonchev–Trinajstić information content (AvgIpc) is 1.61. The Morgan fingerprint density at radius 1 is 0.448 bits per heavy atom. The molecular weight excluding hydrogens is 1650 g/mol. The van der Waals surface area contributed by atoms with E-state index >= 15 is 0 Å². The number of aliphatic hydroxyl groups excluding tert-OH is 1. The number of aliphatic carboxylic acids is 1. The van der Waals surface area contributed by atoms with Crippen LogP contribution in [0.3, 0.4) is 0 Å². The molecule has 36 heteroatoms. The van der Waals surface area contributed by atoms with Crippen LogP contribution < -0.4 is 0 Å². The Bertz CT molecular complexity index is 6330. The molecule has 612 valence electrons. The zero-order valence-corrected chi connectivity index (χ0v) is 72.2. The summed E-state index contributed by atoms with van der Waals surface area (Å²) < 4.78 is 125. The molecule has 1 atom stereocenters. The number of carboxylic acids is 1. The number of carbonyl (C=O) groups excluding carboxylic acids is 1. The van der Waals surface area contributed by atoms with Gasteiger partial charge in [-0.1, -0.05) is 72.8 Å². The van der Waals surface area contributed by atoms with E-state index < -0.39 is 52.2 Å². The Kier molecular flexibility index (Phi) is 25.9. The molecule has 10 aromatic heterocycles. The van der Waals surface area contributed by atoms with Gasteiger partial charge < -0.3 is 39.0 Å². The van der Waals surface area contributed by atoms with Crippen LogP contribution in [0.4, 0.5) is 0 Å². The average molecular weight is 1740 g/mol. The first-order chi connectivity index (χ1) is 55.8. The summed E-state index contributed by atoms with van der Waals surface area (Å²) in [5.74, 6) is -1.24. The van der Waals surface area contributed by atoms with Gasteiger partial charge >= 0.3 is 11.9 Å². The lowest BCUT2D eigenvalue weighted by atomic mass is 10.0. The van der Waals surface area contributed by atoms with Crippen molar-refractivity contribution in [3.05, 3.63) is 204 Å². The van der Waals surface area contributed by atoms with Gasteiger partial charge in [-0.25, -0.2) is 58.6 Å². The maximum Gasteiger partial charge on any atom is 0.326 e. The zero-order valence-electron chi connectivity index (χ0n) is 64.8. The first-order valence-electron chi connectivity index (χ1n) is 38.2. The first-order valence-corrected chi connectivity index (χ1v) is 48.3. The van der Waals surface area contributed by atoms with E-state index in [0.717, 1.165) is 149 Å². The number of aromatic nitrogens is 10. The van der Waals surface area contributed by atoms with Crippen molar-refractivity contribution in [1.29, 1.82) is 0 Å². The van der Waals surface area contributed by atoms with Crippen LogP contribution in [-0.2, 0) is 86.8 Å². The molecule has 27 nitrogen and oxygen atoms in total. The standard InChI is InChI=1S/C21H25N3O4S2.C19H21N3O4S2.C17H19N3O3S2.C17H19N3O2S2.C6H6N2S/c1-3-28-19(25)13-24-15(2)17(20-21(24)22-14-29-20)12-16-8-4-5-9-18(16)30(26,27)23-10-6-7-11-23;1-13-15(18-19(20-12-27-18)22(13)11-17(23)24)10-14-6-2-3-7-16(14)28(25,26)21-8-4-5-9-21;1-11-14(16-17(19-11)18-10-24-16)15(21)12-6-2-3-7-13(12)25(22,23)20-8-4-5-9-20;1-12-14(16-17(19-12)18-11-23-16)10-13-6-2-3-7-15(13)24(21,22)20-8-4-5-9-20;1-4-2-5-6(8-4)7-3-9-5/h4-5,8-9,14H,3,6-7,10-13H2,1-2H3;2-3,6-7,12H,4-5,8-11H2,1H3,(H,23,24);2-3,6-7,10,15,19,21H,4-5,8-9H2,1H3;2-3,6-7,11,19H,4-5,8-10H2,1H3;2-3,8H,1H3. The molecule has 18 rings (SSSR count). The molecule has 0 radical (unpaired) electrons. The largest absolute Gasteiger partial charge is 0.480 e. The minimum Gasteiger partial charge on any atom is -0.480 e. The molecule has 0 saturated carbocycles. The molecule has 0 bridgehead atoms. The highest BCUT2D eigenvalue weighted by Gasteiger charge is 2.36. The highest BCUT2D eigenvalue weighted by molar-refractivity contribution is 7.90. The Morgan fingerprint density at radius 2 is 0.819 bits per heavy atom. The number of carboxylic acid groups (broad SMARTS) is 1. The lowest BCUT2D eigenvalue weighted by Crippen LogP contribution is -2.29. The Labute approximate surface area is 692 Å². The SMILES string of the molecule is CCOC(=O)Cn1c(C)c(Cc2ccccc2S(=O)(=O)N2CCCC2)c2scnc21.Cc1[nH]c2ncsc2c1C(O)c1ccccc1S(=O)(=O)N1CCCC1.Cc1[nH]c2ncsc2c1Cc1ccccc1S(=O)(=O)N1CCCC1.Cc1c(Cc2ccccc2S(=O)(=O)N2CCCC2)c2scnc2n1CC(=O)O.Cc1cc2scnc2[nH]1. The van der Waals surface area contributed by atoms with Crippen molar-refractivity contribution in [1.82, 2.24) is 66.2 Å². The number of H-pyrrole nitrogens is 3. The van der Waals surface area contributed by atoms with Gasteiger partial charge in [0.1, 0.15) is 36.1 Å². The normalized spacial score (nSPS) is 15.6. The number of aromatic amines is 3. The van der Waals surface area contributed by atoms with Gasteiger partial charge in [0.2, 0.25) is 40.1 Å². The molecule has 14 aromatic rings. The third-order valence-corrected chi connectivity index (χ3v) is 33.6. The molecule has 0 aliphatic carbocycles. The van der Waals surface area contributed by atoms with Gasteiger partial charge in [0.25, 0.3) is 0 Å². The number of aryl methyl sites for hydroxylation is 3. The number of aliphatic hydroxyl groups is 1. The van der Waals surface area contributed by atoms with Crippen LogP contribution in [0, 0.1) is 34.6 Å². The summed E-state index contributed by atoms with van der Waals surface area (Å²) in [5, 5.41) is 20.3. The van der Waals surface area contributed by atoms with Gasteiger partial charge in [0, 0.05) is 111 Å². The van der Waals surface area contributed by atoms with E-state index in [9.17, 15) is 53.5 Å². The summed E-state index contributed by atoms with van der Waals surface area (Å²) in [6.45, 7) is 16.3. The van der Waals surface area contributed by atoms with Gasteiger partial charge in [0.05, 0.1) is 77.2 Å². The van der Waals surface area contributed by atoms with Crippen LogP contribution in [0.15, 0.2) is 150 Å². The molecule has 14 heterocycles. The summed E-state index contributed by atoms with van der Waals surface area (Å²) in [4.78, 5) is 55.6. The van der Waals surface area contributed by atoms with Crippen molar-refractivity contribution in [2.75, 3.05) is 59.0 Å². The fourth-order valence-corrected chi connectivity index (χ4v) is 26.7.